The lowest BCUT2D eigenvalue weighted by molar-refractivity contribution is -0.116. The molecule has 0 N–H and O–H groups in total. The molecule has 0 spiro atoms. The zero-order chi connectivity index (χ0) is 12.1. The molecule has 0 aliphatic carbocycles. The minimum absolute atomic E-state index is 0.0733. The van der Waals surface area contributed by atoms with E-state index < -0.39 is 0 Å². The fraction of sp³-hybridized carbons (Fsp3) is 0.333. The van der Waals surface area contributed by atoms with E-state index >= 15 is 0 Å². The molecule has 0 saturated carbocycles. The van der Waals surface area contributed by atoms with Crippen molar-refractivity contribution in [3.8, 4) is 0 Å². The largest absolute Gasteiger partial charge is 0.465 e. The van der Waals surface area contributed by atoms with Gasteiger partial charge in [0.15, 0.2) is 0 Å². The lowest BCUT2D eigenvalue weighted by Crippen LogP contribution is -2.09. The highest BCUT2D eigenvalue weighted by Gasteiger charge is 2.14. The Hall–Kier alpha value is -1.16. The summed E-state index contributed by atoms with van der Waals surface area (Å²) in [6, 6.07) is 5.31. The molecule has 0 aliphatic heterocycles. The Labute approximate surface area is 103 Å². The Morgan fingerprint density at radius 3 is 2.56 bits per heavy atom. The first-order valence-corrected chi connectivity index (χ1v) is 5.96. The van der Waals surface area contributed by atoms with E-state index in [9.17, 15) is 9.59 Å². The monoisotopic (exact) mass is 284 g/mol. The highest BCUT2D eigenvalue weighted by molar-refractivity contribution is 9.08. The van der Waals surface area contributed by atoms with Gasteiger partial charge in [0.05, 0.1) is 12.7 Å². The Balaban J connectivity index is 3.20. The SMILES string of the molecule is COC(=O)c1cccc(CC(C)=O)c1CBr. The van der Waals surface area contributed by atoms with Crippen LogP contribution in [0.2, 0.25) is 0 Å². The van der Waals surface area contributed by atoms with Crippen molar-refractivity contribution >= 4 is 27.7 Å². The summed E-state index contributed by atoms with van der Waals surface area (Å²) in [7, 11) is 1.35. The van der Waals surface area contributed by atoms with Crippen molar-refractivity contribution in [2.75, 3.05) is 7.11 Å². The summed E-state index contributed by atoms with van der Waals surface area (Å²) in [6.07, 6.45) is 0.339. The number of methoxy groups -OCH3 is 1. The van der Waals surface area contributed by atoms with Gasteiger partial charge in [-0.25, -0.2) is 4.79 Å². The van der Waals surface area contributed by atoms with Crippen molar-refractivity contribution in [1.29, 1.82) is 0 Å². The molecule has 86 valence electrons. The van der Waals surface area contributed by atoms with Crippen LogP contribution in [0.15, 0.2) is 18.2 Å². The summed E-state index contributed by atoms with van der Waals surface area (Å²) in [5.41, 5.74) is 2.20. The third-order valence-corrected chi connectivity index (χ3v) is 2.81. The van der Waals surface area contributed by atoms with E-state index in [1.54, 1.807) is 12.1 Å². The maximum Gasteiger partial charge on any atom is 0.338 e. The van der Waals surface area contributed by atoms with Gasteiger partial charge in [-0.15, -0.1) is 0 Å². The van der Waals surface area contributed by atoms with Crippen LogP contribution in [0.3, 0.4) is 0 Å². The Bertz CT molecular complexity index is 413. The molecule has 0 heterocycles. The molecule has 0 amide bonds. The Kier molecular flexibility index (Phi) is 4.68. The van der Waals surface area contributed by atoms with Crippen LogP contribution >= 0.6 is 15.9 Å². The molecule has 0 unspecified atom stereocenters. The summed E-state index contributed by atoms with van der Waals surface area (Å²) >= 11 is 3.33. The normalized spacial score (nSPS) is 9.94. The first kappa shape index (κ1) is 12.9. The van der Waals surface area contributed by atoms with Crippen LogP contribution in [0.4, 0.5) is 0 Å². The van der Waals surface area contributed by atoms with Crippen molar-refractivity contribution < 1.29 is 14.3 Å². The fourth-order valence-electron chi connectivity index (χ4n) is 1.53. The summed E-state index contributed by atoms with van der Waals surface area (Å²) < 4.78 is 4.69. The molecule has 0 saturated heterocycles. The van der Waals surface area contributed by atoms with Crippen LogP contribution in [0.1, 0.15) is 28.4 Å². The number of ketones is 1. The van der Waals surface area contributed by atoms with Crippen LogP contribution < -0.4 is 0 Å². The topological polar surface area (TPSA) is 43.4 Å². The quantitative estimate of drug-likeness (QED) is 0.630. The fourth-order valence-corrected chi connectivity index (χ4v) is 2.19. The number of carbonyl (C=O) groups excluding carboxylic acids is 2. The van der Waals surface area contributed by atoms with Crippen LogP contribution in [0, 0.1) is 0 Å². The van der Waals surface area contributed by atoms with Crippen molar-refractivity contribution in [3.63, 3.8) is 0 Å². The number of carbonyl (C=O) groups is 2. The number of benzene rings is 1. The van der Waals surface area contributed by atoms with Gasteiger partial charge in [0.25, 0.3) is 0 Å². The van der Waals surface area contributed by atoms with Gasteiger partial charge in [0.2, 0.25) is 0 Å². The molecule has 1 aromatic carbocycles. The second kappa shape index (κ2) is 5.80. The van der Waals surface area contributed by atoms with Gasteiger partial charge in [-0.2, -0.15) is 0 Å². The first-order chi connectivity index (χ1) is 7.60. The van der Waals surface area contributed by atoms with E-state index in [0.29, 0.717) is 17.3 Å². The van der Waals surface area contributed by atoms with E-state index in [-0.39, 0.29) is 11.8 Å². The summed E-state index contributed by atoms with van der Waals surface area (Å²) in [4.78, 5) is 22.6. The minimum atomic E-state index is -0.375. The van der Waals surface area contributed by atoms with Crippen molar-refractivity contribution in [3.05, 3.63) is 34.9 Å². The lowest BCUT2D eigenvalue weighted by Gasteiger charge is -2.10. The predicted octanol–water partition coefficient (Wildman–Crippen LogP) is 2.50. The number of ether oxygens (including phenoxy) is 1. The van der Waals surface area contributed by atoms with Gasteiger partial charge < -0.3 is 4.74 Å². The summed E-state index contributed by atoms with van der Waals surface area (Å²) in [6.45, 7) is 1.53. The van der Waals surface area contributed by atoms with Crippen molar-refractivity contribution in [2.24, 2.45) is 0 Å². The predicted molar refractivity (Wildman–Crippen MR) is 64.8 cm³/mol. The van der Waals surface area contributed by atoms with Crippen LogP contribution in [-0.4, -0.2) is 18.9 Å². The number of rotatable bonds is 4. The maximum absolute atomic E-state index is 11.5. The van der Waals surface area contributed by atoms with Crippen molar-refractivity contribution in [1.82, 2.24) is 0 Å². The van der Waals surface area contributed by atoms with E-state index in [4.69, 9.17) is 4.74 Å². The zero-order valence-electron chi connectivity index (χ0n) is 9.25. The van der Waals surface area contributed by atoms with Gasteiger partial charge in [-0.1, -0.05) is 28.1 Å². The van der Waals surface area contributed by atoms with Crippen LogP contribution in [0.5, 0.6) is 0 Å². The van der Waals surface area contributed by atoms with Gasteiger partial charge in [-0.05, 0) is 24.1 Å². The third kappa shape index (κ3) is 2.92. The van der Waals surface area contributed by atoms with E-state index in [0.717, 1.165) is 11.1 Å². The van der Waals surface area contributed by atoms with Gasteiger partial charge >= 0.3 is 5.97 Å². The second-order valence-corrected chi connectivity index (χ2v) is 4.01. The first-order valence-electron chi connectivity index (χ1n) is 4.84. The molecule has 1 rings (SSSR count). The summed E-state index contributed by atoms with van der Waals surface area (Å²) in [5.74, 6) is -0.302. The van der Waals surface area contributed by atoms with E-state index in [2.05, 4.69) is 15.9 Å². The smallest absolute Gasteiger partial charge is 0.338 e. The molecular weight excluding hydrogens is 272 g/mol. The summed E-state index contributed by atoms with van der Waals surface area (Å²) in [5, 5.41) is 0.529. The molecule has 16 heavy (non-hydrogen) atoms. The molecule has 0 fully saturated rings. The second-order valence-electron chi connectivity index (χ2n) is 3.45. The van der Waals surface area contributed by atoms with Crippen LogP contribution in [0.25, 0.3) is 0 Å². The number of hydrogen-bond donors (Lipinski definition) is 0. The highest BCUT2D eigenvalue weighted by Crippen LogP contribution is 2.19. The Morgan fingerprint density at radius 2 is 2.06 bits per heavy atom. The molecule has 0 aliphatic rings. The van der Waals surface area contributed by atoms with Crippen LogP contribution in [-0.2, 0) is 21.3 Å². The number of halogens is 1. The van der Waals surface area contributed by atoms with Gasteiger partial charge in [-0.3, -0.25) is 4.79 Å². The molecule has 1 aromatic rings. The number of hydrogen-bond acceptors (Lipinski definition) is 3. The molecule has 4 heteroatoms. The molecule has 0 atom stereocenters. The number of alkyl halides is 1. The minimum Gasteiger partial charge on any atom is -0.465 e. The molecule has 0 radical (unpaired) electrons. The lowest BCUT2D eigenvalue weighted by atomic mass is 9.99. The zero-order valence-corrected chi connectivity index (χ0v) is 10.8. The molecule has 0 aromatic heterocycles. The molecular formula is C12H13BrO3. The van der Waals surface area contributed by atoms with E-state index in [1.165, 1.54) is 14.0 Å². The average molecular weight is 285 g/mol. The number of Topliss-reactive ketones (excluding diaryl/α,β-unsaturated/α-hetero) is 1. The standard InChI is InChI=1S/C12H13BrO3/c1-8(14)6-9-4-3-5-10(11(9)7-13)12(15)16-2/h3-5H,6-7H2,1-2H3. The van der Waals surface area contributed by atoms with Crippen molar-refractivity contribution in [2.45, 2.75) is 18.7 Å². The Morgan fingerprint density at radius 1 is 1.38 bits per heavy atom. The average Bonchev–Trinajstić information content (AvgIpc) is 2.27. The van der Waals surface area contributed by atoms with Gasteiger partial charge in [0.1, 0.15) is 5.78 Å². The molecule has 3 nitrogen and oxygen atoms in total. The maximum atomic E-state index is 11.5. The third-order valence-electron chi connectivity index (χ3n) is 2.25. The number of esters is 1. The van der Waals surface area contributed by atoms with E-state index in [1.807, 2.05) is 6.07 Å². The van der Waals surface area contributed by atoms with Gasteiger partial charge in [0, 0.05) is 11.8 Å². The highest BCUT2D eigenvalue weighted by atomic mass is 79.9. The molecule has 0 bridgehead atoms.